The number of hydrogen-bond acceptors (Lipinski definition) is 4. The van der Waals surface area contributed by atoms with Crippen molar-refractivity contribution in [1.29, 1.82) is 0 Å². The summed E-state index contributed by atoms with van der Waals surface area (Å²) in [5, 5.41) is 13.8. The van der Waals surface area contributed by atoms with E-state index >= 15 is 0 Å². The van der Waals surface area contributed by atoms with Crippen molar-refractivity contribution in [2.24, 2.45) is 5.92 Å². The topological polar surface area (TPSA) is 58.0 Å². The molecule has 0 aromatic carbocycles. The fraction of sp³-hybridized carbons (Fsp3) is 0.692. The molecular weight excluding hydrogens is 341 g/mol. The predicted octanol–water partition coefficient (Wildman–Crippen LogP) is 2.82. The van der Waals surface area contributed by atoms with Crippen LogP contribution in [0, 0.1) is 9.49 Å². The first-order chi connectivity index (χ1) is 8.63. The second-order valence-corrected chi connectivity index (χ2v) is 6.31. The zero-order valence-electron chi connectivity index (χ0n) is 10.7. The van der Waals surface area contributed by atoms with Crippen LogP contribution in [0.15, 0.2) is 12.5 Å². The van der Waals surface area contributed by atoms with Gasteiger partial charge in [-0.25, -0.2) is 9.97 Å². The van der Waals surface area contributed by atoms with Crippen LogP contribution in [-0.4, -0.2) is 27.2 Å². The summed E-state index contributed by atoms with van der Waals surface area (Å²) >= 11 is 2.20. The van der Waals surface area contributed by atoms with Gasteiger partial charge < -0.3 is 10.4 Å². The first-order valence-corrected chi connectivity index (χ1v) is 7.62. The lowest BCUT2D eigenvalue weighted by Crippen LogP contribution is -2.40. The maximum Gasteiger partial charge on any atom is 0.142 e. The van der Waals surface area contributed by atoms with Gasteiger partial charge in [0.2, 0.25) is 0 Å². The first-order valence-electron chi connectivity index (χ1n) is 6.55. The SMILES string of the molecule is CCC1CCC(O)(CNc2ncncc2I)CC1. The summed E-state index contributed by atoms with van der Waals surface area (Å²) in [5.41, 5.74) is -0.570. The minimum absolute atomic E-state index is 0.570. The third-order valence-electron chi connectivity index (χ3n) is 3.87. The molecular formula is C13H20IN3O. The van der Waals surface area contributed by atoms with Crippen LogP contribution in [-0.2, 0) is 0 Å². The van der Waals surface area contributed by atoms with E-state index in [9.17, 15) is 5.11 Å². The molecule has 1 aromatic rings. The highest BCUT2D eigenvalue weighted by molar-refractivity contribution is 14.1. The molecule has 1 aliphatic rings. The van der Waals surface area contributed by atoms with Crippen molar-refractivity contribution in [2.45, 2.75) is 44.6 Å². The molecule has 18 heavy (non-hydrogen) atoms. The summed E-state index contributed by atoms with van der Waals surface area (Å²) in [6.45, 7) is 2.81. The smallest absolute Gasteiger partial charge is 0.142 e. The third-order valence-corrected chi connectivity index (χ3v) is 4.66. The van der Waals surface area contributed by atoms with E-state index in [2.05, 4.69) is 44.8 Å². The monoisotopic (exact) mass is 361 g/mol. The molecule has 100 valence electrons. The highest BCUT2D eigenvalue weighted by Gasteiger charge is 2.32. The number of nitrogens with one attached hydrogen (secondary N) is 1. The van der Waals surface area contributed by atoms with Crippen molar-refractivity contribution >= 4 is 28.4 Å². The summed E-state index contributed by atoms with van der Waals surface area (Å²) in [7, 11) is 0. The molecule has 2 rings (SSSR count). The Morgan fingerprint density at radius 2 is 2.22 bits per heavy atom. The quantitative estimate of drug-likeness (QED) is 0.810. The highest BCUT2D eigenvalue weighted by atomic mass is 127. The summed E-state index contributed by atoms with van der Waals surface area (Å²) in [6.07, 6.45) is 8.58. The van der Waals surface area contributed by atoms with Gasteiger partial charge in [0.1, 0.15) is 12.1 Å². The van der Waals surface area contributed by atoms with E-state index in [4.69, 9.17) is 0 Å². The van der Waals surface area contributed by atoms with Crippen LogP contribution in [0.3, 0.4) is 0 Å². The van der Waals surface area contributed by atoms with Gasteiger partial charge in [0.25, 0.3) is 0 Å². The molecule has 1 fully saturated rings. The van der Waals surface area contributed by atoms with E-state index in [0.29, 0.717) is 6.54 Å². The highest BCUT2D eigenvalue weighted by Crippen LogP contribution is 2.33. The van der Waals surface area contributed by atoms with Crippen LogP contribution in [0.5, 0.6) is 0 Å². The van der Waals surface area contributed by atoms with Crippen LogP contribution in [0.25, 0.3) is 0 Å². The van der Waals surface area contributed by atoms with Crippen molar-refractivity contribution in [3.8, 4) is 0 Å². The van der Waals surface area contributed by atoms with E-state index in [0.717, 1.165) is 41.0 Å². The molecule has 0 unspecified atom stereocenters. The lowest BCUT2D eigenvalue weighted by Gasteiger charge is -2.36. The maximum atomic E-state index is 10.5. The summed E-state index contributed by atoms with van der Waals surface area (Å²) in [6, 6.07) is 0. The lowest BCUT2D eigenvalue weighted by molar-refractivity contribution is 0.00221. The molecule has 1 aliphatic carbocycles. The van der Waals surface area contributed by atoms with Crippen molar-refractivity contribution in [2.75, 3.05) is 11.9 Å². The molecule has 0 atom stereocenters. The second-order valence-electron chi connectivity index (χ2n) is 5.15. The van der Waals surface area contributed by atoms with Crippen molar-refractivity contribution < 1.29 is 5.11 Å². The van der Waals surface area contributed by atoms with Gasteiger partial charge in [-0.15, -0.1) is 0 Å². The van der Waals surface area contributed by atoms with E-state index in [1.807, 2.05) is 0 Å². The average molecular weight is 361 g/mol. The number of hydrogen-bond donors (Lipinski definition) is 2. The number of anilines is 1. The van der Waals surface area contributed by atoms with Crippen molar-refractivity contribution in [3.63, 3.8) is 0 Å². The Morgan fingerprint density at radius 1 is 1.50 bits per heavy atom. The lowest BCUT2D eigenvalue weighted by atomic mass is 9.78. The molecule has 1 saturated carbocycles. The molecule has 1 aromatic heterocycles. The Morgan fingerprint density at radius 3 is 2.83 bits per heavy atom. The van der Waals surface area contributed by atoms with Gasteiger partial charge in [0.15, 0.2) is 0 Å². The summed E-state index contributed by atoms with van der Waals surface area (Å²) in [5.74, 6) is 1.61. The fourth-order valence-corrected chi connectivity index (χ4v) is 2.98. The molecule has 0 bridgehead atoms. The number of halogens is 1. The van der Waals surface area contributed by atoms with Gasteiger partial charge in [-0.1, -0.05) is 13.3 Å². The van der Waals surface area contributed by atoms with Gasteiger partial charge in [0, 0.05) is 12.7 Å². The standard InChI is InChI=1S/C13H20IN3O/c1-2-10-3-5-13(18,6-4-10)8-16-12-11(14)7-15-9-17-12/h7,9-10,18H,2-6,8H2,1H3,(H,15,16,17). The van der Waals surface area contributed by atoms with Gasteiger partial charge in [0.05, 0.1) is 9.17 Å². The van der Waals surface area contributed by atoms with Crippen LogP contribution < -0.4 is 5.32 Å². The van der Waals surface area contributed by atoms with E-state index in [1.165, 1.54) is 12.7 Å². The third kappa shape index (κ3) is 3.54. The zero-order valence-corrected chi connectivity index (χ0v) is 12.9. The molecule has 0 aliphatic heterocycles. The largest absolute Gasteiger partial charge is 0.388 e. The Bertz CT molecular complexity index is 392. The minimum atomic E-state index is -0.570. The van der Waals surface area contributed by atoms with Crippen molar-refractivity contribution in [1.82, 2.24) is 9.97 Å². The van der Waals surface area contributed by atoms with Gasteiger partial charge in [-0.05, 0) is 54.2 Å². The zero-order chi connectivity index (χ0) is 13.0. The van der Waals surface area contributed by atoms with Gasteiger partial charge in [-0.3, -0.25) is 0 Å². The summed E-state index contributed by atoms with van der Waals surface area (Å²) < 4.78 is 0.987. The molecule has 0 saturated heterocycles. The maximum absolute atomic E-state index is 10.5. The number of aromatic nitrogens is 2. The van der Waals surface area contributed by atoms with E-state index in [-0.39, 0.29) is 0 Å². The van der Waals surface area contributed by atoms with Crippen LogP contribution in [0.4, 0.5) is 5.82 Å². The van der Waals surface area contributed by atoms with Crippen LogP contribution in [0.2, 0.25) is 0 Å². The van der Waals surface area contributed by atoms with Crippen LogP contribution in [0.1, 0.15) is 39.0 Å². The van der Waals surface area contributed by atoms with Crippen molar-refractivity contribution in [3.05, 3.63) is 16.1 Å². The molecule has 1 heterocycles. The molecule has 0 amide bonds. The Hall–Kier alpha value is -0.430. The van der Waals surface area contributed by atoms with Crippen LogP contribution >= 0.6 is 22.6 Å². The molecule has 4 nitrogen and oxygen atoms in total. The normalized spacial score (nSPS) is 28.1. The van der Waals surface area contributed by atoms with E-state index in [1.54, 1.807) is 6.20 Å². The van der Waals surface area contributed by atoms with E-state index < -0.39 is 5.60 Å². The van der Waals surface area contributed by atoms with Gasteiger partial charge >= 0.3 is 0 Å². The number of rotatable bonds is 4. The molecule has 2 N–H and O–H groups in total. The fourth-order valence-electron chi connectivity index (χ4n) is 2.49. The number of aliphatic hydroxyl groups is 1. The van der Waals surface area contributed by atoms with Gasteiger partial charge in [-0.2, -0.15) is 0 Å². The average Bonchev–Trinajstić information content (AvgIpc) is 2.39. The Kier molecular flexibility index (Phi) is 4.77. The predicted molar refractivity (Wildman–Crippen MR) is 80.4 cm³/mol. The first kappa shape index (κ1) is 14.0. The second kappa shape index (κ2) is 6.14. The Balaban J connectivity index is 1.88. The molecule has 5 heteroatoms. The molecule has 0 radical (unpaired) electrons. The molecule has 0 spiro atoms. The summed E-state index contributed by atoms with van der Waals surface area (Å²) in [4.78, 5) is 8.14. The number of nitrogens with zero attached hydrogens (tertiary/aromatic N) is 2. The minimum Gasteiger partial charge on any atom is -0.388 e. The Labute approximate surface area is 122 Å².